The topological polar surface area (TPSA) is 35.6 Å². The summed E-state index contributed by atoms with van der Waals surface area (Å²) in [5.41, 5.74) is 7.45. The van der Waals surface area contributed by atoms with E-state index < -0.39 is 23.5 Å². The van der Waals surface area contributed by atoms with Gasteiger partial charge in [0.1, 0.15) is 0 Å². The van der Waals surface area contributed by atoms with E-state index >= 15 is 13.2 Å². The Morgan fingerprint density at radius 2 is 0.743 bits per heavy atom. The molecule has 0 atom stereocenters. The van der Waals surface area contributed by atoms with Crippen molar-refractivity contribution in [1.82, 2.24) is 19.1 Å². The fourth-order valence-corrected chi connectivity index (χ4v) is 10.0. The lowest BCUT2D eigenvalue weighted by atomic mass is 9.96. The van der Waals surface area contributed by atoms with Crippen LogP contribution in [0.4, 0.5) is 26.3 Å². The average Bonchev–Trinajstić information content (AvgIpc) is 3.90. The maximum Gasteiger partial charge on any atom is 0.416 e. The van der Waals surface area contributed by atoms with Crippen molar-refractivity contribution in [3.63, 3.8) is 0 Å². The van der Waals surface area contributed by atoms with E-state index in [1.54, 1.807) is 21.5 Å². The summed E-state index contributed by atoms with van der Waals surface area (Å²) in [6, 6.07) is 60.6. The first kappa shape index (κ1) is 42.6. The van der Waals surface area contributed by atoms with E-state index in [2.05, 4.69) is 0 Å². The standard InChI is InChI=1S/C60H36F6N4/c61-59(62,63)42-19-11-18-41(32-42)56-54(69-50-24-9-7-20-46(50)48-33-39(26-28-52(48)69)44-22-12-30-67-57(44)37-14-3-1-4-15-37)35-43(60(64,65)66)36-55(56)70-51-25-10-8-21-47(51)49-34-40(27-29-53(49)70)45-23-13-31-68-58(45)38-16-5-2-6-17-38/h1-36H. The highest BCUT2D eigenvalue weighted by Gasteiger charge is 2.36. The van der Waals surface area contributed by atoms with Gasteiger partial charge in [-0.15, -0.1) is 0 Å². The van der Waals surface area contributed by atoms with Gasteiger partial charge in [-0.3, -0.25) is 9.97 Å². The lowest BCUT2D eigenvalue weighted by molar-refractivity contribution is -0.138. The Balaban J connectivity index is 1.17. The summed E-state index contributed by atoms with van der Waals surface area (Å²) in [6.07, 6.45) is -6.15. The Morgan fingerprint density at radius 3 is 1.21 bits per heavy atom. The number of rotatable bonds is 7. The normalized spacial score (nSPS) is 12.1. The van der Waals surface area contributed by atoms with E-state index in [1.807, 2.05) is 170 Å². The number of fused-ring (bicyclic) bond motifs is 6. The van der Waals surface area contributed by atoms with Crippen molar-refractivity contribution < 1.29 is 26.3 Å². The monoisotopic (exact) mass is 926 g/mol. The lowest BCUT2D eigenvalue weighted by Crippen LogP contribution is -2.11. The second kappa shape index (κ2) is 16.5. The number of pyridine rings is 2. The highest BCUT2D eigenvalue weighted by molar-refractivity contribution is 6.13. The third-order valence-electron chi connectivity index (χ3n) is 13.1. The minimum Gasteiger partial charge on any atom is -0.309 e. The highest BCUT2D eigenvalue weighted by Crippen LogP contribution is 2.47. The minimum atomic E-state index is -4.87. The second-order valence-electron chi connectivity index (χ2n) is 17.2. The molecule has 0 aliphatic carbocycles. The van der Waals surface area contributed by atoms with E-state index in [-0.39, 0.29) is 22.5 Å². The number of alkyl halides is 6. The van der Waals surface area contributed by atoms with Crippen molar-refractivity contribution in [2.24, 2.45) is 0 Å². The fraction of sp³-hybridized carbons (Fsp3) is 0.0333. The number of aromatic nitrogens is 4. The van der Waals surface area contributed by atoms with Crippen molar-refractivity contribution in [3.05, 3.63) is 230 Å². The van der Waals surface area contributed by atoms with Crippen LogP contribution in [0.5, 0.6) is 0 Å². The molecule has 0 fully saturated rings. The highest BCUT2D eigenvalue weighted by atomic mass is 19.4. The Kier molecular flexibility index (Phi) is 10.0. The molecule has 4 aromatic heterocycles. The van der Waals surface area contributed by atoms with Gasteiger partial charge in [-0.1, -0.05) is 133 Å². The van der Waals surface area contributed by atoms with Gasteiger partial charge in [0.25, 0.3) is 0 Å². The first-order chi connectivity index (χ1) is 34.0. The quantitative estimate of drug-likeness (QED) is 0.149. The van der Waals surface area contributed by atoms with Crippen molar-refractivity contribution in [2.45, 2.75) is 12.4 Å². The van der Waals surface area contributed by atoms with Crippen LogP contribution in [-0.2, 0) is 12.4 Å². The maximum atomic E-state index is 15.7. The lowest BCUT2D eigenvalue weighted by Gasteiger charge is -2.23. The first-order valence-electron chi connectivity index (χ1n) is 22.5. The van der Waals surface area contributed by atoms with Gasteiger partial charge in [0.2, 0.25) is 0 Å². The molecule has 0 N–H and O–H groups in total. The van der Waals surface area contributed by atoms with Gasteiger partial charge in [-0.25, -0.2) is 0 Å². The van der Waals surface area contributed by atoms with E-state index in [9.17, 15) is 13.2 Å². The van der Waals surface area contributed by atoms with E-state index in [1.165, 1.54) is 12.1 Å². The molecule has 0 radical (unpaired) electrons. The molecule has 12 aromatic rings. The summed E-state index contributed by atoms with van der Waals surface area (Å²) in [5.74, 6) is 0. The number of para-hydroxylation sites is 2. The van der Waals surface area contributed by atoms with E-state index in [4.69, 9.17) is 9.97 Å². The Morgan fingerprint density at radius 1 is 0.314 bits per heavy atom. The summed E-state index contributed by atoms with van der Waals surface area (Å²) in [5, 5.41) is 2.96. The molecule has 10 heteroatoms. The van der Waals surface area contributed by atoms with Crippen LogP contribution < -0.4 is 0 Å². The van der Waals surface area contributed by atoms with Gasteiger partial charge >= 0.3 is 12.4 Å². The molecule has 8 aromatic carbocycles. The van der Waals surface area contributed by atoms with E-state index in [0.717, 1.165) is 90.6 Å². The number of benzene rings is 8. The predicted molar refractivity (Wildman–Crippen MR) is 268 cm³/mol. The largest absolute Gasteiger partial charge is 0.416 e. The van der Waals surface area contributed by atoms with Crippen LogP contribution in [0, 0.1) is 0 Å². The molecule has 0 aliphatic heterocycles. The van der Waals surface area contributed by atoms with Crippen LogP contribution in [0.15, 0.2) is 219 Å². The average molecular weight is 927 g/mol. The summed E-state index contributed by atoms with van der Waals surface area (Å²) in [7, 11) is 0. The molecule has 4 nitrogen and oxygen atoms in total. The van der Waals surface area contributed by atoms with Crippen LogP contribution in [0.1, 0.15) is 11.1 Å². The van der Waals surface area contributed by atoms with Gasteiger partial charge in [0.05, 0.1) is 56.0 Å². The molecule has 0 amide bonds. The van der Waals surface area contributed by atoms with E-state index in [0.29, 0.717) is 22.1 Å². The van der Waals surface area contributed by atoms with Gasteiger partial charge < -0.3 is 9.13 Å². The van der Waals surface area contributed by atoms with Gasteiger partial charge in [0, 0.05) is 61.8 Å². The fourth-order valence-electron chi connectivity index (χ4n) is 10.0. The molecule has 70 heavy (non-hydrogen) atoms. The predicted octanol–water partition coefficient (Wildman–Crippen LogP) is 17.0. The molecular weight excluding hydrogens is 891 g/mol. The number of halogens is 6. The molecule has 338 valence electrons. The molecule has 0 unspecified atom stereocenters. The molecule has 0 saturated heterocycles. The van der Waals surface area contributed by atoms with Crippen molar-refractivity contribution in [1.29, 1.82) is 0 Å². The van der Waals surface area contributed by atoms with Crippen molar-refractivity contribution in [3.8, 4) is 67.3 Å². The van der Waals surface area contributed by atoms with Gasteiger partial charge in [-0.05, 0) is 89.5 Å². The van der Waals surface area contributed by atoms with Crippen LogP contribution in [-0.4, -0.2) is 19.1 Å². The second-order valence-corrected chi connectivity index (χ2v) is 17.2. The zero-order valence-corrected chi connectivity index (χ0v) is 36.8. The third-order valence-corrected chi connectivity index (χ3v) is 13.1. The summed E-state index contributed by atoms with van der Waals surface area (Å²) >= 11 is 0. The number of nitrogens with zero attached hydrogens (tertiary/aromatic N) is 4. The Hall–Kier alpha value is -8.76. The SMILES string of the molecule is FC(F)(F)c1cccc(-c2c(-n3c4ccccc4c4cc(-c5cccnc5-c5ccccc5)ccc43)cc(C(F)(F)F)cc2-n2c3ccccc3c3cc(-c4cccnc4-c4ccccc4)ccc32)c1. The molecule has 0 aliphatic rings. The molecule has 4 heterocycles. The molecule has 0 spiro atoms. The van der Waals surface area contributed by atoms with Crippen LogP contribution >= 0.6 is 0 Å². The Bertz CT molecular complexity index is 3760. The summed E-state index contributed by atoms with van der Waals surface area (Å²) in [4.78, 5) is 9.48. The van der Waals surface area contributed by atoms with Gasteiger partial charge in [0.15, 0.2) is 0 Å². The van der Waals surface area contributed by atoms with Crippen LogP contribution in [0.2, 0.25) is 0 Å². The smallest absolute Gasteiger partial charge is 0.309 e. The Labute approximate surface area is 397 Å². The van der Waals surface area contributed by atoms with Crippen LogP contribution in [0.25, 0.3) is 111 Å². The van der Waals surface area contributed by atoms with Crippen molar-refractivity contribution >= 4 is 43.6 Å². The summed E-state index contributed by atoms with van der Waals surface area (Å²) < 4.78 is 94.8. The zero-order valence-electron chi connectivity index (χ0n) is 36.8. The molecule has 12 rings (SSSR count). The van der Waals surface area contributed by atoms with Gasteiger partial charge in [-0.2, -0.15) is 26.3 Å². The number of hydrogen-bond acceptors (Lipinski definition) is 2. The molecule has 0 saturated carbocycles. The minimum absolute atomic E-state index is 0.0554. The zero-order chi connectivity index (χ0) is 47.7. The summed E-state index contributed by atoms with van der Waals surface area (Å²) in [6.45, 7) is 0. The first-order valence-corrected chi connectivity index (χ1v) is 22.5. The maximum absolute atomic E-state index is 15.7. The van der Waals surface area contributed by atoms with Crippen LogP contribution in [0.3, 0.4) is 0 Å². The third kappa shape index (κ3) is 7.18. The molecular formula is C60H36F6N4. The number of hydrogen-bond donors (Lipinski definition) is 0. The van der Waals surface area contributed by atoms with Crippen molar-refractivity contribution in [2.75, 3.05) is 0 Å². The molecule has 0 bridgehead atoms.